The zero-order valence-electron chi connectivity index (χ0n) is 16.8. The zero-order chi connectivity index (χ0) is 22.4. The van der Waals surface area contributed by atoms with Crippen LogP contribution in [0.25, 0.3) is 0 Å². The first-order chi connectivity index (χ1) is 14.9. The van der Waals surface area contributed by atoms with Crippen LogP contribution in [0.2, 0.25) is 0 Å². The van der Waals surface area contributed by atoms with Crippen molar-refractivity contribution in [2.24, 2.45) is 7.05 Å². The smallest absolute Gasteiger partial charge is 0.294 e. The van der Waals surface area contributed by atoms with E-state index in [2.05, 4.69) is 15.7 Å². The Morgan fingerprint density at radius 2 is 1.97 bits per heavy atom. The number of aromatic nitrogens is 2. The van der Waals surface area contributed by atoms with Crippen molar-refractivity contribution in [1.29, 1.82) is 0 Å². The Morgan fingerprint density at radius 1 is 1.16 bits per heavy atom. The molecule has 3 aromatic rings. The van der Waals surface area contributed by atoms with E-state index in [0.29, 0.717) is 30.5 Å². The van der Waals surface area contributed by atoms with E-state index < -0.39 is 17.2 Å². The molecule has 0 spiro atoms. The minimum Gasteiger partial charge on any atom is -0.450 e. The Balaban J connectivity index is 1.89. The van der Waals surface area contributed by atoms with E-state index >= 15 is 0 Å². The van der Waals surface area contributed by atoms with Gasteiger partial charge in [-0.1, -0.05) is 6.07 Å². The van der Waals surface area contributed by atoms with Gasteiger partial charge in [-0.15, -0.1) is 0 Å². The van der Waals surface area contributed by atoms with Crippen LogP contribution in [0.1, 0.15) is 10.4 Å². The predicted octanol–water partition coefficient (Wildman–Crippen LogP) is 2.97. The number of aryl methyl sites for hydroxylation is 1. The van der Waals surface area contributed by atoms with Crippen LogP contribution < -0.4 is 20.9 Å². The van der Waals surface area contributed by atoms with Crippen molar-refractivity contribution in [3.05, 3.63) is 76.2 Å². The van der Waals surface area contributed by atoms with Crippen molar-refractivity contribution in [1.82, 2.24) is 15.1 Å². The molecule has 0 atom stereocenters. The summed E-state index contributed by atoms with van der Waals surface area (Å²) in [5.41, 5.74) is 0.208. The molecule has 1 amide bonds. The number of rotatable bonds is 8. The molecule has 0 saturated carbocycles. The van der Waals surface area contributed by atoms with Crippen LogP contribution >= 0.6 is 0 Å². The molecule has 2 aromatic carbocycles. The molecule has 162 valence electrons. The molecule has 8 nitrogen and oxygen atoms in total. The Hall–Kier alpha value is -3.79. The fourth-order valence-corrected chi connectivity index (χ4v) is 2.64. The van der Waals surface area contributed by atoms with Crippen molar-refractivity contribution >= 4 is 17.3 Å². The molecule has 0 aliphatic heterocycles. The number of hydrogen-bond donors (Lipinski definition) is 2. The Morgan fingerprint density at radius 3 is 2.71 bits per heavy atom. The van der Waals surface area contributed by atoms with Crippen molar-refractivity contribution in [2.45, 2.75) is 0 Å². The summed E-state index contributed by atoms with van der Waals surface area (Å²) < 4.78 is 38.6. The maximum absolute atomic E-state index is 14.0. The summed E-state index contributed by atoms with van der Waals surface area (Å²) in [4.78, 5) is 24.9. The number of halogens is 2. The maximum atomic E-state index is 14.0. The number of amides is 1. The van der Waals surface area contributed by atoms with Gasteiger partial charge in [-0.05, 0) is 30.3 Å². The number of carbonyl (C=O) groups excluding carboxylic acids is 1. The van der Waals surface area contributed by atoms with Gasteiger partial charge in [0, 0.05) is 38.0 Å². The molecular weight excluding hydrogens is 410 g/mol. The van der Waals surface area contributed by atoms with Gasteiger partial charge in [-0.2, -0.15) is 5.10 Å². The molecule has 0 saturated heterocycles. The second kappa shape index (κ2) is 9.81. The molecule has 0 aliphatic carbocycles. The normalized spacial score (nSPS) is 10.6. The topological polar surface area (TPSA) is 94.5 Å². The molecule has 2 N–H and O–H groups in total. The van der Waals surface area contributed by atoms with Crippen LogP contribution in [0.4, 0.5) is 20.2 Å². The highest BCUT2D eigenvalue weighted by Gasteiger charge is 2.16. The molecule has 1 aromatic heterocycles. The Bertz CT molecular complexity index is 1150. The van der Waals surface area contributed by atoms with E-state index in [4.69, 9.17) is 9.47 Å². The number of benzene rings is 2. The van der Waals surface area contributed by atoms with Gasteiger partial charge >= 0.3 is 0 Å². The second-order valence-electron chi connectivity index (χ2n) is 6.44. The summed E-state index contributed by atoms with van der Waals surface area (Å²) >= 11 is 0. The summed E-state index contributed by atoms with van der Waals surface area (Å²) in [6, 6.07) is 9.26. The van der Waals surface area contributed by atoms with Crippen molar-refractivity contribution in [2.75, 3.05) is 25.6 Å². The molecule has 0 bridgehead atoms. The summed E-state index contributed by atoms with van der Waals surface area (Å²) in [5, 5.41) is 9.48. The highest BCUT2D eigenvalue weighted by atomic mass is 19.1. The Kier molecular flexibility index (Phi) is 6.93. The van der Waals surface area contributed by atoms with E-state index in [-0.39, 0.29) is 23.1 Å². The van der Waals surface area contributed by atoms with Crippen LogP contribution in [0.15, 0.2) is 53.5 Å². The summed E-state index contributed by atoms with van der Waals surface area (Å²) in [6.07, 6.45) is 1.23. The lowest BCUT2D eigenvalue weighted by atomic mass is 10.2. The van der Waals surface area contributed by atoms with Crippen LogP contribution in [0, 0.1) is 11.6 Å². The van der Waals surface area contributed by atoms with Crippen molar-refractivity contribution < 1.29 is 23.0 Å². The highest BCUT2D eigenvalue weighted by molar-refractivity contribution is 5.95. The molecular formula is C21H20F2N4O4. The largest absolute Gasteiger partial charge is 0.450 e. The molecule has 1 heterocycles. The quantitative estimate of drug-likeness (QED) is 0.534. The third-order valence-electron chi connectivity index (χ3n) is 4.20. The van der Waals surface area contributed by atoms with E-state index in [9.17, 15) is 18.4 Å². The first-order valence-corrected chi connectivity index (χ1v) is 9.22. The lowest BCUT2D eigenvalue weighted by molar-refractivity contribution is 0.0937. The fraction of sp³-hybridized carbons (Fsp3) is 0.190. The molecule has 0 radical (unpaired) electrons. The number of methoxy groups -OCH3 is 1. The average molecular weight is 430 g/mol. The van der Waals surface area contributed by atoms with Gasteiger partial charge in [0.2, 0.25) is 0 Å². The van der Waals surface area contributed by atoms with Gasteiger partial charge in [0.05, 0.1) is 12.8 Å². The van der Waals surface area contributed by atoms with Crippen LogP contribution in [0.3, 0.4) is 0 Å². The molecule has 31 heavy (non-hydrogen) atoms. The minimum absolute atomic E-state index is 0.0295. The number of hydrogen-bond acceptors (Lipinski definition) is 6. The van der Waals surface area contributed by atoms with Gasteiger partial charge in [0.1, 0.15) is 5.82 Å². The van der Waals surface area contributed by atoms with Crippen LogP contribution in [-0.4, -0.2) is 35.9 Å². The summed E-state index contributed by atoms with van der Waals surface area (Å²) in [6.45, 7) is 0.719. The summed E-state index contributed by atoms with van der Waals surface area (Å²) in [7, 11) is 2.97. The summed E-state index contributed by atoms with van der Waals surface area (Å²) in [5.74, 6) is -2.34. The van der Waals surface area contributed by atoms with Gasteiger partial charge < -0.3 is 20.1 Å². The zero-order valence-corrected chi connectivity index (χ0v) is 16.8. The number of carbonyl (C=O) groups is 1. The second-order valence-corrected chi connectivity index (χ2v) is 6.44. The van der Waals surface area contributed by atoms with Crippen LogP contribution in [-0.2, 0) is 11.8 Å². The standard InChI is InChI=1S/C21H20F2N4O4/c1-27-21(29)19(18(12-25-27)31-17-7-6-14(22)11-16(17)23)26-15-5-3-4-13(10-15)20(28)24-8-9-30-2/h3-7,10-12,26H,8-9H2,1-2H3,(H,24,28). The van der Waals surface area contributed by atoms with Crippen LogP contribution in [0.5, 0.6) is 11.5 Å². The number of ether oxygens (including phenoxy) is 2. The van der Waals surface area contributed by atoms with E-state index in [1.807, 2.05) is 0 Å². The van der Waals surface area contributed by atoms with Crippen molar-refractivity contribution in [3.63, 3.8) is 0 Å². The molecule has 3 rings (SSSR count). The molecule has 10 heteroatoms. The van der Waals surface area contributed by atoms with E-state index in [0.717, 1.165) is 16.8 Å². The maximum Gasteiger partial charge on any atom is 0.294 e. The average Bonchev–Trinajstić information content (AvgIpc) is 2.75. The van der Waals surface area contributed by atoms with E-state index in [1.54, 1.807) is 24.3 Å². The number of nitrogens with zero attached hydrogens (tertiary/aromatic N) is 2. The lowest BCUT2D eigenvalue weighted by Gasteiger charge is -2.14. The first-order valence-electron chi connectivity index (χ1n) is 9.22. The van der Waals surface area contributed by atoms with Gasteiger partial charge in [0.15, 0.2) is 23.0 Å². The van der Waals surface area contributed by atoms with Gasteiger partial charge in [-0.25, -0.2) is 13.5 Å². The first kappa shape index (κ1) is 21.9. The number of anilines is 2. The molecule has 0 unspecified atom stereocenters. The monoisotopic (exact) mass is 430 g/mol. The SMILES string of the molecule is COCCNC(=O)c1cccc(Nc2c(Oc3ccc(F)cc3F)cnn(C)c2=O)c1. The van der Waals surface area contributed by atoms with Crippen molar-refractivity contribution in [3.8, 4) is 11.5 Å². The minimum atomic E-state index is -0.929. The van der Waals surface area contributed by atoms with E-state index in [1.165, 1.54) is 20.4 Å². The predicted molar refractivity (Wildman–Crippen MR) is 110 cm³/mol. The molecule has 0 aliphatic rings. The van der Waals surface area contributed by atoms with Gasteiger partial charge in [-0.3, -0.25) is 9.59 Å². The fourth-order valence-electron chi connectivity index (χ4n) is 2.64. The molecule has 0 fully saturated rings. The highest BCUT2D eigenvalue weighted by Crippen LogP contribution is 2.30. The Labute approximate surface area is 176 Å². The third kappa shape index (κ3) is 5.43. The lowest BCUT2D eigenvalue weighted by Crippen LogP contribution is -2.27. The number of nitrogens with one attached hydrogen (secondary N) is 2. The third-order valence-corrected chi connectivity index (χ3v) is 4.20. The van der Waals surface area contributed by atoms with Gasteiger partial charge in [0.25, 0.3) is 11.5 Å².